The summed E-state index contributed by atoms with van der Waals surface area (Å²) < 4.78 is 6.05. The Bertz CT molecular complexity index is 358. The highest BCUT2D eigenvalue weighted by Gasteiger charge is 2.16. The summed E-state index contributed by atoms with van der Waals surface area (Å²) in [6, 6.07) is 8.51. The lowest BCUT2D eigenvalue weighted by atomic mass is 10.2. The number of rotatable bonds is 7. The molecule has 0 fully saturated rings. The van der Waals surface area contributed by atoms with Crippen LogP contribution in [0, 0.1) is 0 Å². The van der Waals surface area contributed by atoms with Crippen molar-refractivity contribution in [1.82, 2.24) is 0 Å². The molecule has 2 aromatic heterocycles. The fraction of sp³-hybridized carbons (Fsp3) is 0.429. The zero-order valence-electron chi connectivity index (χ0n) is 10.1. The Kier molecular flexibility index (Phi) is 5.23. The normalized spacial score (nSPS) is 11.2. The van der Waals surface area contributed by atoms with Gasteiger partial charge in [0.1, 0.15) is 6.10 Å². The van der Waals surface area contributed by atoms with E-state index in [1.54, 1.807) is 22.7 Å². The molecule has 0 saturated heterocycles. The minimum absolute atomic E-state index is 0.145. The smallest absolute Gasteiger partial charge is 0.126 e. The molecule has 0 atom stereocenters. The highest BCUT2D eigenvalue weighted by Crippen LogP contribution is 2.32. The van der Waals surface area contributed by atoms with Gasteiger partial charge in [-0.1, -0.05) is 31.9 Å². The predicted molar refractivity (Wildman–Crippen MR) is 76.0 cm³/mol. The number of hydrogen-bond acceptors (Lipinski definition) is 3. The standard InChI is InChI=1S/C14H18OS2/c1-2-3-4-9-15-14(12-7-5-10-16-12)13-8-6-11-17-13/h5-8,10-11,14H,2-4,9H2,1H3. The largest absolute Gasteiger partial charge is 0.367 e. The van der Waals surface area contributed by atoms with Crippen molar-refractivity contribution < 1.29 is 4.74 Å². The van der Waals surface area contributed by atoms with Crippen molar-refractivity contribution in [3.63, 3.8) is 0 Å². The van der Waals surface area contributed by atoms with Crippen LogP contribution in [0.2, 0.25) is 0 Å². The maximum atomic E-state index is 6.05. The molecule has 1 nitrogen and oxygen atoms in total. The van der Waals surface area contributed by atoms with Crippen LogP contribution in [0.15, 0.2) is 35.0 Å². The molecular weight excluding hydrogens is 248 g/mol. The lowest BCUT2D eigenvalue weighted by Crippen LogP contribution is -2.04. The minimum atomic E-state index is 0.145. The van der Waals surface area contributed by atoms with Gasteiger partial charge in [-0.05, 0) is 29.3 Å². The molecule has 2 aromatic rings. The van der Waals surface area contributed by atoms with Crippen molar-refractivity contribution in [3.05, 3.63) is 44.8 Å². The Labute approximate surface area is 111 Å². The number of hydrogen-bond donors (Lipinski definition) is 0. The number of unbranched alkanes of at least 4 members (excludes halogenated alkanes) is 2. The summed E-state index contributed by atoms with van der Waals surface area (Å²) in [6.07, 6.45) is 3.80. The summed E-state index contributed by atoms with van der Waals surface area (Å²) in [5.74, 6) is 0. The molecule has 0 N–H and O–H groups in total. The molecule has 92 valence electrons. The molecule has 0 saturated carbocycles. The molecule has 0 aromatic carbocycles. The molecule has 0 bridgehead atoms. The molecule has 0 aliphatic heterocycles. The average molecular weight is 266 g/mol. The average Bonchev–Trinajstić information content (AvgIpc) is 3.02. The van der Waals surface area contributed by atoms with E-state index in [-0.39, 0.29) is 6.10 Å². The summed E-state index contributed by atoms with van der Waals surface area (Å²) in [5, 5.41) is 4.23. The van der Waals surface area contributed by atoms with Crippen molar-refractivity contribution >= 4 is 22.7 Å². The third kappa shape index (κ3) is 3.66. The molecule has 17 heavy (non-hydrogen) atoms. The first kappa shape index (κ1) is 12.8. The van der Waals surface area contributed by atoms with Gasteiger partial charge in [-0.15, -0.1) is 22.7 Å². The zero-order valence-corrected chi connectivity index (χ0v) is 11.7. The molecule has 0 spiro atoms. The van der Waals surface area contributed by atoms with E-state index in [9.17, 15) is 0 Å². The third-order valence-corrected chi connectivity index (χ3v) is 4.47. The molecule has 0 unspecified atom stereocenters. The van der Waals surface area contributed by atoms with Crippen LogP contribution in [-0.2, 0) is 4.74 Å². The first-order chi connectivity index (χ1) is 8.42. The van der Waals surface area contributed by atoms with Crippen molar-refractivity contribution in [2.75, 3.05) is 6.61 Å². The van der Waals surface area contributed by atoms with Gasteiger partial charge in [0.2, 0.25) is 0 Å². The van der Waals surface area contributed by atoms with Gasteiger partial charge in [-0.3, -0.25) is 0 Å². The van der Waals surface area contributed by atoms with Crippen molar-refractivity contribution in [2.45, 2.75) is 32.3 Å². The van der Waals surface area contributed by atoms with Gasteiger partial charge in [0.15, 0.2) is 0 Å². The van der Waals surface area contributed by atoms with Crippen LogP contribution in [0.5, 0.6) is 0 Å². The Morgan fingerprint density at radius 3 is 2.18 bits per heavy atom. The van der Waals surface area contributed by atoms with E-state index >= 15 is 0 Å². The van der Waals surface area contributed by atoms with Crippen LogP contribution in [0.3, 0.4) is 0 Å². The van der Waals surface area contributed by atoms with Crippen LogP contribution in [0.25, 0.3) is 0 Å². The summed E-state index contributed by atoms with van der Waals surface area (Å²) in [6.45, 7) is 3.07. The molecular formula is C14H18OS2. The quantitative estimate of drug-likeness (QED) is 0.633. The highest BCUT2D eigenvalue weighted by atomic mass is 32.1. The lowest BCUT2D eigenvalue weighted by molar-refractivity contribution is 0.0816. The first-order valence-electron chi connectivity index (χ1n) is 6.10. The molecule has 2 heterocycles. The maximum absolute atomic E-state index is 6.05. The van der Waals surface area contributed by atoms with Crippen LogP contribution in [-0.4, -0.2) is 6.61 Å². The van der Waals surface area contributed by atoms with E-state index in [1.165, 1.54) is 22.6 Å². The van der Waals surface area contributed by atoms with Gasteiger partial charge in [0, 0.05) is 16.4 Å². The second-order valence-corrected chi connectivity index (χ2v) is 5.95. The van der Waals surface area contributed by atoms with Crippen molar-refractivity contribution in [3.8, 4) is 0 Å². The van der Waals surface area contributed by atoms with Gasteiger partial charge >= 0.3 is 0 Å². The number of ether oxygens (including phenoxy) is 1. The zero-order chi connectivity index (χ0) is 11.9. The topological polar surface area (TPSA) is 9.23 Å². The summed E-state index contributed by atoms with van der Waals surface area (Å²) in [4.78, 5) is 2.62. The fourth-order valence-electron chi connectivity index (χ4n) is 1.74. The van der Waals surface area contributed by atoms with Gasteiger partial charge < -0.3 is 4.74 Å². The second kappa shape index (κ2) is 6.94. The Hall–Kier alpha value is -0.640. The van der Waals surface area contributed by atoms with Crippen LogP contribution >= 0.6 is 22.7 Å². The van der Waals surface area contributed by atoms with E-state index in [0.717, 1.165) is 13.0 Å². The van der Waals surface area contributed by atoms with Gasteiger partial charge in [0.05, 0.1) is 0 Å². The highest BCUT2D eigenvalue weighted by molar-refractivity contribution is 7.11. The molecule has 0 radical (unpaired) electrons. The number of thiophene rings is 2. The predicted octanol–water partition coefficient (Wildman–Crippen LogP) is 5.11. The summed E-state index contributed by atoms with van der Waals surface area (Å²) >= 11 is 3.55. The summed E-state index contributed by atoms with van der Waals surface area (Å²) in [5.41, 5.74) is 0. The van der Waals surface area contributed by atoms with Gasteiger partial charge in [-0.25, -0.2) is 0 Å². The Morgan fingerprint density at radius 1 is 1.06 bits per heavy atom. The molecule has 2 rings (SSSR count). The molecule has 3 heteroatoms. The third-order valence-electron chi connectivity index (χ3n) is 2.64. The summed E-state index contributed by atoms with van der Waals surface area (Å²) in [7, 11) is 0. The van der Waals surface area contributed by atoms with E-state index in [1.807, 2.05) is 0 Å². The van der Waals surface area contributed by atoms with Crippen molar-refractivity contribution in [1.29, 1.82) is 0 Å². The Balaban J connectivity index is 1.99. The van der Waals surface area contributed by atoms with Crippen LogP contribution < -0.4 is 0 Å². The molecule has 0 aliphatic rings. The van der Waals surface area contributed by atoms with E-state index < -0.39 is 0 Å². The van der Waals surface area contributed by atoms with E-state index in [0.29, 0.717) is 0 Å². The first-order valence-corrected chi connectivity index (χ1v) is 7.86. The Morgan fingerprint density at radius 2 is 1.71 bits per heavy atom. The van der Waals surface area contributed by atoms with Gasteiger partial charge in [-0.2, -0.15) is 0 Å². The molecule has 0 amide bonds. The monoisotopic (exact) mass is 266 g/mol. The van der Waals surface area contributed by atoms with Crippen LogP contribution in [0.1, 0.15) is 42.0 Å². The van der Waals surface area contributed by atoms with Crippen molar-refractivity contribution in [2.24, 2.45) is 0 Å². The van der Waals surface area contributed by atoms with Crippen LogP contribution in [0.4, 0.5) is 0 Å². The van der Waals surface area contributed by atoms with E-state index in [4.69, 9.17) is 4.74 Å². The fourth-order valence-corrected chi connectivity index (χ4v) is 3.39. The van der Waals surface area contributed by atoms with Gasteiger partial charge in [0.25, 0.3) is 0 Å². The lowest BCUT2D eigenvalue weighted by Gasteiger charge is -2.15. The molecule has 0 aliphatic carbocycles. The van der Waals surface area contributed by atoms with E-state index in [2.05, 4.69) is 41.9 Å². The SMILES string of the molecule is CCCCCOC(c1cccs1)c1cccs1. The minimum Gasteiger partial charge on any atom is -0.367 e. The second-order valence-electron chi connectivity index (χ2n) is 3.99. The maximum Gasteiger partial charge on any atom is 0.126 e.